The molecule has 3 rings (SSSR count). The molecule has 1 aliphatic carbocycles. The van der Waals surface area contributed by atoms with Crippen LogP contribution in [0.4, 0.5) is 23.0 Å². The fourth-order valence-electron chi connectivity index (χ4n) is 1.71. The monoisotopic (exact) mass is 241 g/mol. The average molecular weight is 241 g/mol. The molecular weight excluding hydrogens is 226 g/mol. The van der Waals surface area contributed by atoms with Crippen LogP contribution in [-0.2, 0) is 0 Å². The highest BCUT2D eigenvalue weighted by Crippen LogP contribution is 2.25. The van der Waals surface area contributed by atoms with E-state index in [9.17, 15) is 0 Å². The van der Waals surface area contributed by atoms with Crippen LogP contribution in [-0.4, -0.2) is 16.0 Å². The number of benzene rings is 1. The molecule has 0 aliphatic heterocycles. The van der Waals surface area contributed by atoms with Crippen LogP contribution in [0.25, 0.3) is 0 Å². The van der Waals surface area contributed by atoms with E-state index in [2.05, 4.69) is 20.6 Å². The zero-order valence-electron chi connectivity index (χ0n) is 9.93. The molecule has 4 N–H and O–H groups in total. The Morgan fingerprint density at radius 1 is 1.11 bits per heavy atom. The maximum Gasteiger partial charge on any atom is 0.135 e. The molecule has 92 valence electrons. The molecule has 1 aromatic heterocycles. The zero-order chi connectivity index (χ0) is 12.4. The van der Waals surface area contributed by atoms with Gasteiger partial charge in [0, 0.05) is 23.5 Å². The second-order valence-corrected chi connectivity index (χ2v) is 4.46. The summed E-state index contributed by atoms with van der Waals surface area (Å²) in [5.74, 6) is 1.62. The lowest BCUT2D eigenvalue weighted by Gasteiger charge is -2.08. The van der Waals surface area contributed by atoms with E-state index in [0.717, 1.165) is 23.0 Å². The van der Waals surface area contributed by atoms with E-state index in [4.69, 9.17) is 5.73 Å². The van der Waals surface area contributed by atoms with Crippen molar-refractivity contribution in [2.75, 3.05) is 16.4 Å². The van der Waals surface area contributed by atoms with E-state index in [0.29, 0.717) is 6.04 Å². The molecule has 5 nitrogen and oxygen atoms in total. The third kappa shape index (κ3) is 2.68. The maximum atomic E-state index is 5.73. The minimum Gasteiger partial charge on any atom is -0.399 e. The van der Waals surface area contributed by atoms with Gasteiger partial charge < -0.3 is 16.4 Å². The number of hydrogen-bond acceptors (Lipinski definition) is 5. The smallest absolute Gasteiger partial charge is 0.135 e. The molecule has 1 saturated carbocycles. The fraction of sp³-hybridized carbons (Fsp3) is 0.231. The van der Waals surface area contributed by atoms with Crippen molar-refractivity contribution >= 4 is 23.0 Å². The van der Waals surface area contributed by atoms with Crippen molar-refractivity contribution in [3.63, 3.8) is 0 Å². The second-order valence-electron chi connectivity index (χ2n) is 4.46. The molecule has 1 aromatic carbocycles. The quantitative estimate of drug-likeness (QED) is 0.716. The highest BCUT2D eigenvalue weighted by Gasteiger charge is 2.21. The molecule has 0 bridgehead atoms. The summed E-state index contributed by atoms with van der Waals surface area (Å²) in [5.41, 5.74) is 7.38. The molecule has 0 radical (unpaired) electrons. The third-order valence-corrected chi connectivity index (χ3v) is 2.76. The summed E-state index contributed by atoms with van der Waals surface area (Å²) < 4.78 is 0. The van der Waals surface area contributed by atoms with Gasteiger partial charge in [0.15, 0.2) is 0 Å². The van der Waals surface area contributed by atoms with Gasteiger partial charge in [0.25, 0.3) is 0 Å². The molecule has 18 heavy (non-hydrogen) atoms. The van der Waals surface area contributed by atoms with Crippen LogP contribution in [0, 0.1) is 0 Å². The summed E-state index contributed by atoms with van der Waals surface area (Å²) in [7, 11) is 0. The Balaban J connectivity index is 1.75. The Kier molecular flexibility index (Phi) is 2.72. The predicted octanol–water partition coefficient (Wildman–Crippen LogP) is 2.38. The Labute approximate surface area is 105 Å². The normalized spacial score (nSPS) is 14.2. The lowest BCUT2D eigenvalue weighted by Crippen LogP contribution is -2.04. The van der Waals surface area contributed by atoms with E-state index in [-0.39, 0.29) is 0 Å². The standard InChI is InChI=1S/C13H15N5/c14-9-2-1-3-11(6-9)18-13-7-12(15-8-16-13)17-10-4-5-10/h1-3,6-8,10H,4-5,14H2,(H2,15,16,17,18). The van der Waals surface area contributed by atoms with Crippen molar-refractivity contribution < 1.29 is 0 Å². The summed E-state index contributed by atoms with van der Waals surface area (Å²) >= 11 is 0. The first kappa shape index (κ1) is 10.8. The molecule has 0 unspecified atom stereocenters. The van der Waals surface area contributed by atoms with Gasteiger partial charge in [-0.2, -0.15) is 0 Å². The number of aromatic nitrogens is 2. The molecule has 1 fully saturated rings. The number of nitrogens with zero attached hydrogens (tertiary/aromatic N) is 2. The van der Waals surface area contributed by atoms with Crippen LogP contribution in [0.5, 0.6) is 0 Å². The second kappa shape index (κ2) is 4.52. The lowest BCUT2D eigenvalue weighted by molar-refractivity contribution is 1.08. The number of rotatable bonds is 4. The van der Waals surface area contributed by atoms with Crippen molar-refractivity contribution in [1.82, 2.24) is 9.97 Å². The Morgan fingerprint density at radius 2 is 1.94 bits per heavy atom. The van der Waals surface area contributed by atoms with Crippen molar-refractivity contribution in [1.29, 1.82) is 0 Å². The Morgan fingerprint density at radius 3 is 2.72 bits per heavy atom. The van der Waals surface area contributed by atoms with Crippen molar-refractivity contribution in [2.24, 2.45) is 0 Å². The van der Waals surface area contributed by atoms with Gasteiger partial charge in [0.1, 0.15) is 18.0 Å². The third-order valence-electron chi connectivity index (χ3n) is 2.76. The molecule has 0 spiro atoms. The van der Waals surface area contributed by atoms with Crippen LogP contribution in [0.1, 0.15) is 12.8 Å². The number of nitrogens with one attached hydrogen (secondary N) is 2. The van der Waals surface area contributed by atoms with E-state index in [1.54, 1.807) is 6.33 Å². The van der Waals surface area contributed by atoms with Crippen molar-refractivity contribution in [3.05, 3.63) is 36.7 Å². The Hall–Kier alpha value is -2.30. The van der Waals surface area contributed by atoms with Crippen molar-refractivity contribution in [2.45, 2.75) is 18.9 Å². The Bertz CT molecular complexity index is 551. The molecule has 5 heteroatoms. The highest BCUT2D eigenvalue weighted by atomic mass is 15.1. The number of nitrogens with two attached hydrogens (primary N) is 1. The molecule has 0 amide bonds. The molecule has 0 atom stereocenters. The summed E-state index contributed by atoms with van der Waals surface area (Å²) in [6.45, 7) is 0. The van der Waals surface area contributed by atoms with Gasteiger partial charge >= 0.3 is 0 Å². The van der Waals surface area contributed by atoms with Crippen molar-refractivity contribution in [3.8, 4) is 0 Å². The van der Waals surface area contributed by atoms with E-state index in [1.165, 1.54) is 12.8 Å². The van der Waals surface area contributed by atoms with Gasteiger partial charge in [-0.3, -0.25) is 0 Å². The van der Waals surface area contributed by atoms with Gasteiger partial charge in [0.05, 0.1) is 0 Å². The average Bonchev–Trinajstić information content (AvgIpc) is 3.13. The zero-order valence-corrected chi connectivity index (χ0v) is 9.93. The van der Waals surface area contributed by atoms with E-state index in [1.807, 2.05) is 30.3 Å². The van der Waals surface area contributed by atoms with Crippen LogP contribution >= 0.6 is 0 Å². The minimum absolute atomic E-state index is 0.583. The van der Waals surface area contributed by atoms with Crippen LogP contribution in [0.2, 0.25) is 0 Å². The lowest BCUT2D eigenvalue weighted by atomic mass is 10.3. The van der Waals surface area contributed by atoms with Crippen LogP contribution in [0.15, 0.2) is 36.7 Å². The van der Waals surface area contributed by atoms with Gasteiger partial charge in [-0.05, 0) is 31.0 Å². The summed E-state index contributed by atoms with van der Waals surface area (Å²) in [4.78, 5) is 8.38. The molecule has 1 aliphatic rings. The predicted molar refractivity (Wildman–Crippen MR) is 72.8 cm³/mol. The van der Waals surface area contributed by atoms with Crippen LogP contribution in [0.3, 0.4) is 0 Å². The summed E-state index contributed by atoms with van der Waals surface area (Å²) in [5, 5.41) is 6.55. The van der Waals surface area contributed by atoms with Gasteiger partial charge in [-0.25, -0.2) is 9.97 Å². The largest absolute Gasteiger partial charge is 0.399 e. The molecular formula is C13H15N5. The number of nitrogen functional groups attached to an aromatic ring is 1. The SMILES string of the molecule is Nc1cccc(Nc2cc(NC3CC3)ncn2)c1. The number of hydrogen-bond donors (Lipinski definition) is 3. The van der Waals surface area contributed by atoms with Gasteiger partial charge in [0.2, 0.25) is 0 Å². The van der Waals surface area contributed by atoms with E-state index < -0.39 is 0 Å². The summed E-state index contributed by atoms with van der Waals surface area (Å²) in [6.07, 6.45) is 4.00. The highest BCUT2D eigenvalue weighted by molar-refractivity contribution is 5.62. The van der Waals surface area contributed by atoms with Gasteiger partial charge in [-0.1, -0.05) is 6.07 Å². The fourth-order valence-corrected chi connectivity index (χ4v) is 1.71. The first-order valence-electron chi connectivity index (χ1n) is 6.01. The molecule has 0 saturated heterocycles. The van der Waals surface area contributed by atoms with Crippen LogP contribution < -0.4 is 16.4 Å². The first-order chi connectivity index (χ1) is 8.79. The molecule has 1 heterocycles. The maximum absolute atomic E-state index is 5.73. The van der Waals surface area contributed by atoms with Gasteiger partial charge in [-0.15, -0.1) is 0 Å². The molecule has 2 aromatic rings. The minimum atomic E-state index is 0.583. The first-order valence-corrected chi connectivity index (χ1v) is 6.01. The topological polar surface area (TPSA) is 75.9 Å². The summed E-state index contributed by atoms with van der Waals surface area (Å²) in [6, 6.07) is 10.1. The van der Waals surface area contributed by atoms with E-state index >= 15 is 0 Å². The number of anilines is 4.